The van der Waals surface area contributed by atoms with Crippen molar-refractivity contribution in [1.29, 1.82) is 0 Å². The zero-order chi connectivity index (χ0) is 22.5. The quantitative estimate of drug-likeness (QED) is 0.515. The van der Waals surface area contributed by atoms with Crippen LogP contribution in [0.3, 0.4) is 0 Å². The molecule has 0 fully saturated rings. The van der Waals surface area contributed by atoms with Crippen LogP contribution in [0.15, 0.2) is 36.4 Å². The number of amides is 2. The van der Waals surface area contributed by atoms with Crippen LogP contribution in [0.5, 0.6) is 5.75 Å². The molecule has 8 nitrogen and oxygen atoms in total. The molecule has 3 aromatic rings. The molecule has 0 saturated heterocycles. The molecule has 0 saturated carbocycles. The highest BCUT2D eigenvalue weighted by molar-refractivity contribution is 6.08. The molecule has 0 spiro atoms. The van der Waals surface area contributed by atoms with Crippen LogP contribution in [0, 0.1) is 0 Å². The minimum absolute atomic E-state index is 0.143. The number of anilines is 1. The summed E-state index contributed by atoms with van der Waals surface area (Å²) < 4.78 is 7.31. The van der Waals surface area contributed by atoms with Gasteiger partial charge in [-0.3, -0.25) is 9.59 Å². The molecule has 3 rings (SSSR count). The summed E-state index contributed by atoms with van der Waals surface area (Å²) in [4.78, 5) is 29.4. The number of imidazole rings is 1. The first-order valence-electron chi connectivity index (χ1n) is 10.3. The second kappa shape index (κ2) is 9.61. The summed E-state index contributed by atoms with van der Waals surface area (Å²) in [7, 11) is 1.61. The molecule has 1 aromatic heterocycles. The maximum Gasteiger partial charge on any atom is 0.253 e. The molecule has 0 aliphatic heterocycles. The molecule has 0 aliphatic carbocycles. The lowest BCUT2D eigenvalue weighted by Crippen LogP contribution is -2.32. The standard InChI is InChI=1S/C23H28N4O4/c1-5-17(29)13-24-23(30)19-11-16(25-14(3)28)12-20-21(19)27(6-2)22(26-20)15-8-7-9-18(10-15)31-4/h7-12,17,29H,5-6,13H2,1-4H3,(H,24,30)(H,25,28)/t17-/m0/s1. The van der Waals surface area contributed by atoms with Gasteiger partial charge in [-0.2, -0.15) is 0 Å². The Morgan fingerprint density at radius 2 is 2.00 bits per heavy atom. The molecule has 8 heteroatoms. The fraction of sp³-hybridized carbons (Fsp3) is 0.348. The van der Waals surface area contributed by atoms with E-state index in [0.29, 0.717) is 46.8 Å². The van der Waals surface area contributed by atoms with Crippen LogP contribution in [-0.2, 0) is 11.3 Å². The zero-order valence-corrected chi connectivity index (χ0v) is 18.2. The summed E-state index contributed by atoms with van der Waals surface area (Å²) in [6, 6.07) is 11.0. The Balaban J connectivity index is 2.18. The third kappa shape index (κ3) is 4.86. The summed E-state index contributed by atoms with van der Waals surface area (Å²) in [5.74, 6) is 0.822. The average Bonchev–Trinajstić information content (AvgIpc) is 3.14. The van der Waals surface area contributed by atoms with Gasteiger partial charge in [0.05, 0.1) is 29.8 Å². The summed E-state index contributed by atoms with van der Waals surface area (Å²) in [6.07, 6.45) is -0.0875. The molecule has 0 bridgehead atoms. The first-order valence-corrected chi connectivity index (χ1v) is 10.3. The number of rotatable bonds is 8. The second-order valence-electron chi connectivity index (χ2n) is 7.26. The Labute approximate surface area is 181 Å². The molecule has 1 atom stereocenters. The van der Waals surface area contributed by atoms with Gasteiger partial charge in [-0.1, -0.05) is 19.1 Å². The zero-order valence-electron chi connectivity index (χ0n) is 18.2. The van der Waals surface area contributed by atoms with E-state index in [-0.39, 0.29) is 18.4 Å². The maximum atomic E-state index is 13.0. The molecule has 1 heterocycles. The predicted molar refractivity (Wildman–Crippen MR) is 120 cm³/mol. The van der Waals surface area contributed by atoms with Crippen molar-refractivity contribution in [3.63, 3.8) is 0 Å². The minimum Gasteiger partial charge on any atom is -0.497 e. The molecule has 3 N–H and O–H groups in total. The highest BCUT2D eigenvalue weighted by Gasteiger charge is 2.21. The average molecular weight is 425 g/mol. The molecule has 0 radical (unpaired) electrons. The lowest BCUT2D eigenvalue weighted by molar-refractivity contribution is -0.114. The smallest absolute Gasteiger partial charge is 0.253 e. The lowest BCUT2D eigenvalue weighted by atomic mass is 10.1. The van der Waals surface area contributed by atoms with Crippen molar-refractivity contribution in [2.24, 2.45) is 0 Å². The van der Waals surface area contributed by atoms with E-state index in [4.69, 9.17) is 9.72 Å². The number of hydrogen-bond donors (Lipinski definition) is 3. The molecule has 31 heavy (non-hydrogen) atoms. The van der Waals surface area contributed by atoms with E-state index < -0.39 is 6.10 Å². The van der Waals surface area contributed by atoms with Gasteiger partial charge in [0.2, 0.25) is 5.91 Å². The molecule has 2 amide bonds. The van der Waals surface area contributed by atoms with E-state index in [1.54, 1.807) is 19.2 Å². The Morgan fingerprint density at radius 1 is 1.23 bits per heavy atom. The van der Waals surface area contributed by atoms with Gasteiger partial charge in [0.1, 0.15) is 11.6 Å². The molecular weight excluding hydrogens is 396 g/mol. The number of aromatic nitrogens is 2. The summed E-state index contributed by atoms with van der Waals surface area (Å²) in [5.41, 5.74) is 2.98. The topological polar surface area (TPSA) is 105 Å². The number of carbonyl (C=O) groups excluding carboxylic acids is 2. The fourth-order valence-corrected chi connectivity index (χ4v) is 3.46. The van der Waals surface area contributed by atoms with E-state index in [1.165, 1.54) is 6.92 Å². The van der Waals surface area contributed by atoms with Crippen LogP contribution >= 0.6 is 0 Å². The van der Waals surface area contributed by atoms with E-state index in [9.17, 15) is 14.7 Å². The van der Waals surface area contributed by atoms with Crippen LogP contribution in [0.4, 0.5) is 5.69 Å². The van der Waals surface area contributed by atoms with Crippen molar-refractivity contribution < 1.29 is 19.4 Å². The fourth-order valence-electron chi connectivity index (χ4n) is 3.46. The van der Waals surface area contributed by atoms with Crippen molar-refractivity contribution in [3.8, 4) is 17.1 Å². The van der Waals surface area contributed by atoms with E-state index in [0.717, 1.165) is 5.56 Å². The van der Waals surface area contributed by atoms with Crippen LogP contribution < -0.4 is 15.4 Å². The summed E-state index contributed by atoms with van der Waals surface area (Å²) in [6.45, 7) is 5.96. The van der Waals surface area contributed by atoms with Crippen LogP contribution in [-0.4, -0.2) is 46.2 Å². The van der Waals surface area contributed by atoms with Gasteiger partial charge in [0, 0.05) is 31.3 Å². The van der Waals surface area contributed by atoms with Crippen molar-refractivity contribution in [1.82, 2.24) is 14.9 Å². The highest BCUT2D eigenvalue weighted by atomic mass is 16.5. The Kier molecular flexibility index (Phi) is 6.91. The highest BCUT2D eigenvalue weighted by Crippen LogP contribution is 2.31. The monoisotopic (exact) mass is 424 g/mol. The first kappa shape index (κ1) is 22.3. The van der Waals surface area contributed by atoms with Crippen molar-refractivity contribution in [2.45, 2.75) is 39.8 Å². The minimum atomic E-state index is -0.624. The number of aliphatic hydroxyl groups is 1. The van der Waals surface area contributed by atoms with Gasteiger partial charge in [-0.15, -0.1) is 0 Å². The number of ether oxygens (including phenoxy) is 1. The van der Waals surface area contributed by atoms with Gasteiger partial charge in [-0.25, -0.2) is 4.98 Å². The largest absolute Gasteiger partial charge is 0.497 e. The van der Waals surface area contributed by atoms with Gasteiger partial charge in [0.25, 0.3) is 5.91 Å². The van der Waals surface area contributed by atoms with Crippen molar-refractivity contribution in [2.75, 3.05) is 19.0 Å². The van der Waals surface area contributed by atoms with Gasteiger partial charge in [-0.05, 0) is 37.6 Å². The number of aryl methyl sites for hydroxylation is 1. The lowest BCUT2D eigenvalue weighted by Gasteiger charge is -2.13. The van der Waals surface area contributed by atoms with Crippen molar-refractivity contribution >= 4 is 28.5 Å². The number of nitrogens with one attached hydrogen (secondary N) is 2. The summed E-state index contributed by atoms with van der Waals surface area (Å²) in [5, 5.41) is 15.4. The predicted octanol–water partition coefficient (Wildman–Crippen LogP) is 3.19. The Hall–Kier alpha value is -3.39. The molecule has 0 aliphatic rings. The van der Waals surface area contributed by atoms with E-state index in [2.05, 4.69) is 10.6 Å². The van der Waals surface area contributed by atoms with Crippen LogP contribution in [0.2, 0.25) is 0 Å². The number of nitrogens with zero attached hydrogens (tertiary/aromatic N) is 2. The first-order chi connectivity index (χ1) is 14.9. The maximum absolute atomic E-state index is 13.0. The Morgan fingerprint density at radius 3 is 2.65 bits per heavy atom. The Bertz CT molecular complexity index is 1110. The van der Waals surface area contributed by atoms with E-state index >= 15 is 0 Å². The number of fused-ring (bicyclic) bond motifs is 1. The third-order valence-electron chi connectivity index (χ3n) is 5.02. The third-order valence-corrected chi connectivity index (χ3v) is 5.02. The normalized spacial score (nSPS) is 11.9. The number of methoxy groups -OCH3 is 1. The SMILES string of the molecule is CC[C@H](O)CNC(=O)c1cc(NC(C)=O)cc2nc(-c3cccc(OC)c3)n(CC)c12. The van der Waals surface area contributed by atoms with Gasteiger partial charge < -0.3 is 25.0 Å². The summed E-state index contributed by atoms with van der Waals surface area (Å²) >= 11 is 0. The second-order valence-corrected chi connectivity index (χ2v) is 7.26. The molecule has 0 unspecified atom stereocenters. The molecular formula is C23H28N4O4. The van der Waals surface area contributed by atoms with Gasteiger partial charge >= 0.3 is 0 Å². The molecule has 164 valence electrons. The number of aliphatic hydroxyl groups excluding tert-OH is 1. The number of hydrogen-bond acceptors (Lipinski definition) is 5. The number of benzene rings is 2. The molecule has 2 aromatic carbocycles. The van der Waals surface area contributed by atoms with Crippen LogP contribution in [0.25, 0.3) is 22.4 Å². The van der Waals surface area contributed by atoms with Gasteiger partial charge in [0.15, 0.2) is 0 Å². The van der Waals surface area contributed by atoms with Crippen LogP contribution in [0.1, 0.15) is 37.6 Å². The number of carbonyl (C=O) groups is 2. The van der Waals surface area contributed by atoms with Crippen molar-refractivity contribution in [3.05, 3.63) is 42.0 Å². The van der Waals surface area contributed by atoms with E-state index in [1.807, 2.05) is 42.7 Å².